The Morgan fingerprint density at radius 3 is 3.00 bits per heavy atom. The lowest BCUT2D eigenvalue weighted by molar-refractivity contribution is -0.139. The molecule has 0 radical (unpaired) electrons. The highest BCUT2D eigenvalue weighted by Crippen LogP contribution is 2.25. The van der Waals surface area contributed by atoms with Gasteiger partial charge < -0.3 is 14.4 Å². The number of carbonyl (C=O) groups is 1. The molecule has 0 bridgehead atoms. The minimum absolute atomic E-state index is 0.245. The van der Waals surface area contributed by atoms with Gasteiger partial charge in [-0.2, -0.15) is 0 Å². The number of nitrogens with zero attached hydrogens (tertiary/aromatic N) is 2. The van der Waals surface area contributed by atoms with Crippen LogP contribution in [0.4, 0.5) is 5.13 Å². The Morgan fingerprint density at radius 2 is 2.33 bits per heavy atom. The monoisotopic (exact) mass is 270 g/mol. The van der Waals surface area contributed by atoms with Gasteiger partial charge in [0.25, 0.3) is 0 Å². The molecule has 1 saturated heterocycles. The van der Waals surface area contributed by atoms with Crippen LogP contribution in [0, 0.1) is 0 Å². The molecule has 1 fully saturated rings. The van der Waals surface area contributed by atoms with E-state index in [1.54, 1.807) is 11.3 Å². The van der Waals surface area contributed by atoms with E-state index in [0.717, 1.165) is 36.9 Å². The second-order valence-electron chi connectivity index (χ2n) is 4.33. The van der Waals surface area contributed by atoms with Crippen molar-refractivity contribution < 1.29 is 14.3 Å². The number of anilines is 1. The van der Waals surface area contributed by atoms with Crippen LogP contribution in [0.3, 0.4) is 0 Å². The predicted octanol–water partition coefficient (Wildman–Crippen LogP) is 1.47. The van der Waals surface area contributed by atoms with Crippen molar-refractivity contribution in [3.8, 4) is 0 Å². The third-order valence-electron chi connectivity index (χ3n) is 3.13. The van der Waals surface area contributed by atoms with Crippen LogP contribution in [0.2, 0.25) is 0 Å². The minimum Gasteiger partial charge on any atom is -0.469 e. The maximum atomic E-state index is 11.2. The van der Waals surface area contributed by atoms with E-state index in [0.29, 0.717) is 6.04 Å². The number of carbonyl (C=O) groups excluding carboxylic acids is 1. The summed E-state index contributed by atoms with van der Waals surface area (Å²) in [7, 11) is 3.44. The highest BCUT2D eigenvalue weighted by Gasteiger charge is 2.21. The third kappa shape index (κ3) is 3.20. The Bertz CT molecular complexity index is 402. The average molecular weight is 270 g/mol. The number of esters is 1. The molecule has 0 saturated carbocycles. The molecular weight excluding hydrogens is 252 g/mol. The molecule has 0 amide bonds. The zero-order valence-electron chi connectivity index (χ0n) is 10.7. The summed E-state index contributed by atoms with van der Waals surface area (Å²) in [5.41, 5.74) is 0.778. The van der Waals surface area contributed by atoms with Crippen molar-refractivity contribution in [2.75, 3.05) is 32.3 Å². The van der Waals surface area contributed by atoms with Crippen LogP contribution in [-0.2, 0) is 20.7 Å². The summed E-state index contributed by atoms with van der Waals surface area (Å²) in [4.78, 5) is 17.8. The Hall–Kier alpha value is -1.14. The highest BCUT2D eigenvalue weighted by atomic mass is 32.1. The molecule has 1 aliphatic rings. The van der Waals surface area contributed by atoms with Crippen LogP contribution in [0.15, 0.2) is 5.38 Å². The van der Waals surface area contributed by atoms with E-state index in [-0.39, 0.29) is 12.4 Å². The maximum Gasteiger partial charge on any atom is 0.311 e. The summed E-state index contributed by atoms with van der Waals surface area (Å²) in [5, 5.41) is 2.88. The molecular formula is C12H18N2O3S. The fraction of sp³-hybridized carbons (Fsp3) is 0.667. The summed E-state index contributed by atoms with van der Waals surface area (Å²) < 4.78 is 9.99. The summed E-state index contributed by atoms with van der Waals surface area (Å²) in [6, 6.07) is 0.482. The van der Waals surface area contributed by atoms with Crippen LogP contribution in [0.5, 0.6) is 0 Å². The minimum atomic E-state index is -0.249. The first-order chi connectivity index (χ1) is 8.70. The second kappa shape index (κ2) is 6.15. The lowest BCUT2D eigenvalue weighted by Gasteiger charge is -2.30. The van der Waals surface area contributed by atoms with Gasteiger partial charge in [-0.05, 0) is 12.8 Å². The number of thiazole rings is 1. The lowest BCUT2D eigenvalue weighted by Crippen LogP contribution is -2.36. The molecule has 18 heavy (non-hydrogen) atoms. The maximum absolute atomic E-state index is 11.2. The van der Waals surface area contributed by atoms with Gasteiger partial charge in [0.15, 0.2) is 5.13 Å². The number of aromatic nitrogens is 1. The molecule has 0 atom stereocenters. The first-order valence-electron chi connectivity index (χ1n) is 6.02. The lowest BCUT2D eigenvalue weighted by atomic mass is 10.1. The van der Waals surface area contributed by atoms with Crippen LogP contribution in [0.1, 0.15) is 18.5 Å². The predicted molar refractivity (Wildman–Crippen MR) is 70.1 cm³/mol. The Morgan fingerprint density at radius 1 is 1.61 bits per heavy atom. The zero-order valence-corrected chi connectivity index (χ0v) is 11.5. The number of rotatable bonds is 4. The Labute approximate surface area is 111 Å². The van der Waals surface area contributed by atoms with Gasteiger partial charge in [-0.3, -0.25) is 4.79 Å². The molecule has 100 valence electrons. The van der Waals surface area contributed by atoms with Gasteiger partial charge in [-0.25, -0.2) is 4.98 Å². The molecule has 2 rings (SSSR count). The smallest absolute Gasteiger partial charge is 0.311 e. The van der Waals surface area contributed by atoms with Crippen LogP contribution < -0.4 is 4.90 Å². The molecule has 5 nitrogen and oxygen atoms in total. The summed E-state index contributed by atoms with van der Waals surface area (Å²) in [6.07, 6.45) is 2.31. The normalized spacial score (nSPS) is 16.6. The topological polar surface area (TPSA) is 51.7 Å². The number of ether oxygens (including phenoxy) is 2. The number of hydrogen-bond acceptors (Lipinski definition) is 6. The molecule has 1 aliphatic heterocycles. The van der Waals surface area contributed by atoms with Gasteiger partial charge in [0, 0.05) is 31.7 Å². The fourth-order valence-electron chi connectivity index (χ4n) is 1.99. The Balaban J connectivity index is 1.97. The second-order valence-corrected chi connectivity index (χ2v) is 5.17. The van der Waals surface area contributed by atoms with Gasteiger partial charge >= 0.3 is 5.97 Å². The molecule has 1 aromatic heterocycles. The zero-order chi connectivity index (χ0) is 13.0. The quantitative estimate of drug-likeness (QED) is 0.776. The van der Waals surface area contributed by atoms with E-state index in [9.17, 15) is 4.79 Å². The van der Waals surface area contributed by atoms with E-state index in [2.05, 4.69) is 21.7 Å². The van der Waals surface area contributed by atoms with Gasteiger partial charge in [0.2, 0.25) is 0 Å². The standard InChI is InChI=1S/C12H18N2O3S/c1-14(10-3-5-17-6-4-10)12-13-9(8-18-12)7-11(15)16-2/h8,10H,3-7H2,1-2H3. The highest BCUT2D eigenvalue weighted by molar-refractivity contribution is 7.13. The van der Waals surface area contributed by atoms with E-state index in [4.69, 9.17) is 4.74 Å². The number of hydrogen-bond donors (Lipinski definition) is 0. The van der Waals surface area contributed by atoms with Gasteiger partial charge in [0.05, 0.1) is 19.2 Å². The van der Waals surface area contributed by atoms with Crippen molar-refractivity contribution >= 4 is 22.4 Å². The van der Waals surface area contributed by atoms with Crippen LogP contribution >= 0.6 is 11.3 Å². The van der Waals surface area contributed by atoms with Crippen LogP contribution in [-0.4, -0.2) is 44.4 Å². The van der Waals surface area contributed by atoms with Crippen molar-refractivity contribution in [1.29, 1.82) is 0 Å². The van der Waals surface area contributed by atoms with Crippen molar-refractivity contribution in [3.05, 3.63) is 11.1 Å². The summed E-state index contributed by atoms with van der Waals surface area (Å²) in [6.45, 7) is 1.63. The van der Waals surface area contributed by atoms with E-state index in [1.807, 2.05) is 5.38 Å². The molecule has 0 aliphatic carbocycles. The SMILES string of the molecule is COC(=O)Cc1csc(N(C)C2CCOCC2)n1. The molecule has 0 N–H and O–H groups in total. The van der Waals surface area contributed by atoms with E-state index < -0.39 is 0 Å². The molecule has 2 heterocycles. The first kappa shape index (κ1) is 13.3. The fourth-order valence-corrected chi connectivity index (χ4v) is 2.85. The van der Waals surface area contributed by atoms with Crippen LogP contribution in [0.25, 0.3) is 0 Å². The molecule has 0 spiro atoms. The number of methoxy groups -OCH3 is 1. The largest absolute Gasteiger partial charge is 0.469 e. The summed E-state index contributed by atoms with van der Waals surface area (Å²) in [5.74, 6) is -0.249. The van der Waals surface area contributed by atoms with Gasteiger partial charge in [0.1, 0.15) is 0 Å². The molecule has 1 aromatic rings. The first-order valence-corrected chi connectivity index (χ1v) is 6.90. The Kier molecular flexibility index (Phi) is 4.54. The van der Waals surface area contributed by atoms with Crippen molar-refractivity contribution in [2.45, 2.75) is 25.3 Å². The molecule has 6 heteroatoms. The van der Waals surface area contributed by atoms with Gasteiger partial charge in [-0.1, -0.05) is 0 Å². The third-order valence-corrected chi connectivity index (χ3v) is 4.11. The molecule has 0 unspecified atom stereocenters. The van der Waals surface area contributed by atoms with E-state index >= 15 is 0 Å². The van der Waals surface area contributed by atoms with Gasteiger partial charge in [-0.15, -0.1) is 11.3 Å². The van der Waals surface area contributed by atoms with Crippen molar-refractivity contribution in [3.63, 3.8) is 0 Å². The van der Waals surface area contributed by atoms with Crippen molar-refractivity contribution in [2.24, 2.45) is 0 Å². The average Bonchev–Trinajstić information content (AvgIpc) is 2.87. The van der Waals surface area contributed by atoms with E-state index in [1.165, 1.54) is 7.11 Å². The van der Waals surface area contributed by atoms with Crippen molar-refractivity contribution in [1.82, 2.24) is 4.98 Å². The summed E-state index contributed by atoms with van der Waals surface area (Å²) >= 11 is 1.57. The molecule has 0 aromatic carbocycles.